The Bertz CT molecular complexity index is 259. The SMILES string of the molecule is C=C(CNC1CC1)CN1CCOCC1(C)C. The Morgan fingerprint density at radius 2 is 2.25 bits per heavy atom. The minimum Gasteiger partial charge on any atom is -0.378 e. The Kier molecular flexibility index (Phi) is 3.67. The molecule has 0 aromatic carbocycles. The zero-order valence-electron chi connectivity index (χ0n) is 10.6. The van der Waals surface area contributed by atoms with Crippen molar-refractivity contribution in [2.24, 2.45) is 0 Å². The number of hydrogen-bond donors (Lipinski definition) is 1. The fraction of sp³-hybridized carbons (Fsp3) is 0.846. The highest BCUT2D eigenvalue weighted by atomic mass is 16.5. The van der Waals surface area contributed by atoms with Gasteiger partial charge in [-0.3, -0.25) is 4.90 Å². The number of nitrogens with one attached hydrogen (secondary N) is 1. The molecule has 1 N–H and O–H groups in total. The van der Waals surface area contributed by atoms with Crippen LogP contribution < -0.4 is 5.32 Å². The van der Waals surface area contributed by atoms with Crippen molar-refractivity contribution >= 4 is 0 Å². The average molecular weight is 224 g/mol. The van der Waals surface area contributed by atoms with Crippen molar-refractivity contribution < 1.29 is 4.74 Å². The number of nitrogens with zero attached hydrogens (tertiary/aromatic N) is 1. The molecule has 1 aliphatic heterocycles. The molecule has 1 heterocycles. The van der Waals surface area contributed by atoms with Crippen LogP contribution in [0.3, 0.4) is 0 Å². The van der Waals surface area contributed by atoms with E-state index in [2.05, 4.69) is 30.6 Å². The van der Waals surface area contributed by atoms with Crippen LogP contribution in [0.5, 0.6) is 0 Å². The molecule has 16 heavy (non-hydrogen) atoms. The van der Waals surface area contributed by atoms with E-state index < -0.39 is 0 Å². The van der Waals surface area contributed by atoms with Crippen LogP contribution in [0.1, 0.15) is 26.7 Å². The Morgan fingerprint density at radius 3 is 2.88 bits per heavy atom. The molecule has 1 saturated heterocycles. The third-order valence-electron chi connectivity index (χ3n) is 3.45. The average Bonchev–Trinajstić information content (AvgIpc) is 3.02. The fourth-order valence-electron chi connectivity index (χ4n) is 2.09. The summed E-state index contributed by atoms with van der Waals surface area (Å²) in [6.45, 7) is 13.3. The van der Waals surface area contributed by atoms with Gasteiger partial charge in [-0.2, -0.15) is 0 Å². The molecule has 1 aliphatic carbocycles. The number of ether oxygens (including phenoxy) is 1. The molecule has 0 spiro atoms. The lowest BCUT2D eigenvalue weighted by Crippen LogP contribution is -2.53. The smallest absolute Gasteiger partial charge is 0.0645 e. The van der Waals surface area contributed by atoms with E-state index in [4.69, 9.17) is 4.74 Å². The first kappa shape index (κ1) is 12.1. The monoisotopic (exact) mass is 224 g/mol. The van der Waals surface area contributed by atoms with E-state index in [1.54, 1.807) is 0 Å². The van der Waals surface area contributed by atoms with Gasteiger partial charge in [-0.15, -0.1) is 0 Å². The molecule has 0 radical (unpaired) electrons. The van der Waals surface area contributed by atoms with Crippen molar-refractivity contribution in [3.8, 4) is 0 Å². The molecule has 0 bridgehead atoms. The van der Waals surface area contributed by atoms with E-state index in [-0.39, 0.29) is 5.54 Å². The minimum atomic E-state index is 0.154. The van der Waals surface area contributed by atoms with Crippen LogP contribution >= 0.6 is 0 Å². The van der Waals surface area contributed by atoms with Gasteiger partial charge in [0.1, 0.15) is 0 Å². The molecule has 0 amide bonds. The van der Waals surface area contributed by atoms with Gasteiger partial charge < -0.3 is 10.1 Å². The van der Waals surface area contributed by atoms with Gasteiger partial charge in [0.05, 0.1) is 13.2 Å². The lowest BCUT2D eigenvalue weighted by molar-refractivity contribution is -0.0463. The van der Waals surface area contributed by atoms with Crippen LogP contribution in [0.2, 0.25) is 0 Å². The maximum absolute atomic E-state index is 5.52. The quantitative estimate of drug-likeness (QED) is 0.715. The Morgan fingerprint density at radius 1 is 1.50 bits per heavy atom. The summed E-state index contributed by atoms with van der Waals surface area (Å²) in [4.78, 5) is 2.48. The van der Waals surface area contributed by atoms with Crippen molar-refractivity contribution in [3.05, 3.63) is 12.2 Å². The van der Waals surface area contributed by atoms with Gasteiger partial charge in [0, 0.05) is 31.2 Å². The molecular weight excluding hydrogens is 200 g/mol. The van der Waals surface area contributed by atoms with Gasteiger partial charge in [0.25, 0.3) is 0 Å². The number of morpholine rings is 1. The summed E-state index contributed by atoms with van der Waals surface area (Å²) in [7, 11) is 0. The molecular formula is C13H24N2O. The van der Waals surface area contributed by atoms with E-state index in [1.807, 2.05) is 0 Å². The van der Waals surface area contributed by atoms with Crippen LogP contribution in [0.15, 0.2) is 12.2 Å². The molecule has 0 atom stereocenters. The van der Waals surface area contributed by atoms with E-state index >= 15 is 0 Å². The van der Waals surface area contributed by atoms with Crippen molar-refractivity contribution in [3.63, 3.8) is 0 Å². The predicted octanol–water partition coefficient (Wildman–Crippen LogP) is 1.41. The second-order valence-corrected chi connectivity index (χ2v) is 5.69. The highest BCUT2D eigenvalue weighted by molar-refractivity contribution is 5.04. The molecule has 2 fully saturated rings. The molecule has 2 aliphatic rings. The first-order valence-electron chi connectivity index (χ1n) is 6.31. The molecule has 0 aromatic rings. The molecule has 92 valence electrons. The summed E-state index contributed by atoms with van der Waals surface area (Å²) in [6, 6.07) is 0.773. The van der Waals surface area contributed by atoms with Gasteiger partial charge in [-0.1, -0.05) is 6.58 Å². The Hall–Kier alpha value is -0.380. The highest BCUT2D eigenvalue weighted by Gasteiger charge is 2.30. The van der Waals surface area contributed by atoms with Crippen molar-refractivity contribution in [2.45, 2.75) is 38.3 Å². The maximum atomic E-state index is 5.52. The Balaban J connectivity index is 1.75. The van der Waals surface area contributed by atoms with Crippen LogP contribution in [-0.4, -0.2) is 49.3 Å². The largest absolute Gasteiger partial charge is 0.378 e. The van der Waals surface area contributed by atoms with Gasteiger partial charge in [0.15, 0.2) is 0 Å². The molecule has 3 nitrogen and oxygen atoms in total. The highest BCUT2D eigenvalue weighted by Crippen LogP contribution is 2.21. The summed E-state index contributed by atoms with van der Waals surface area (Å²) in [5.74, 6) is 0. The second kappa shape index (κ2) is 4.86. The third-order valence-corrected chi connectivity index (χ3v) is 3.45. The van der Waals surface area contributed by atoms with Crippen LogP contribution in [0.25, 0.3) is 0 Å². The second-order valence-electron chi connectivity index (χ2n) is 5.69. The molecule has 1 saturated carbocycles. The minimum absolute atomic E-state index is 0.154. The van der Waals surface area contributed by atoms with Crippen LogP contribution in [0.4, 0.5) is 0 Å². The molecule has 0 unspecified atom stereocenters. The first-order chi connectivity index (χ1) is 7.58. The van der Waals surface area contributed by atoms with E-state index in [0.717, 1.165) is 38.9 Å². The summed E-state index contributed by atoms with van der Waals surface area (Å²) in [5.41, 5.74) is 1.45. The summed E-state index contributed by atoms with van der Waals surface area (Å²) in [6.07, 6.45) is 2.69. The van der Waals surface area contributed by atoms with Gasteiger partial charge in [-0.05, 0) is 32.3 Å². The number of rotatable bonds is 5. The molecule has 0 aromatic heterocycles. The van der Waals surface area contributed by atoms with E-state index in [9.17, 15) is 0 Å². The zero-order valence-corrected chi connectivity index (χ0v) is 10.6. The van der Waals surface area contributed by atoms with Crippen molar-refractivity contribution in [1.82, 2.24) is 10.2 Å². The molecule has 2 rings (SSSR count). The number of hydrogen-bond acceptors (Lipinski definition) is 3. The van der Waals surface area contributed by atoms with Crippen molar-refractivity contribution in [1.29, 1.82) is 0 Å². The lowest BCUT2D eigenvalue weighted by Gasteiger charge is -2.42. The van der Waals surface area contributed by atoms with Gasteiger partial charge in [-0.25, -0.2) is 0 Å². The normalized spacial score (nSPS) is 25.6. The van der Waals surface area contributed by atoms with Gasteiger partial charge in [0.2, 0.25) is 0 Å². The van der Waals surface area contributed by atoms with Crippen molar-refractivity contribution in [2.75, 3.05) is 32.8 Å². The Labute approximate surface area is 98.8 Å². The standard InChI is InChI=1S/C13H24N2O/c1-11(8-14-12-4-5-12)9-15-6-7-16-10-13(15,2)3/h12,14H,1,4-10H2,2-3H3. The first-order valence-corrected chi connectivity index (χ1v) is 6.31. The topological polar surface area (TPSA) is 24.5 Å². The van der Waals surface area contributed by atoms with E-state index in [1.165, 1.54) is 18.4 Å². The van der Waals surface area contributed by atoms with Crippen LogP contribution in [0, 0.1) is 0 Å². The summed E-state index contributed by atoms with van der Waals surface area (Å²) < 4.78 is 5.52. The van der Waals surface area contributed by atoms with E-state index in [0.29, 0.717) is 0 Å². The summed E-state index contributed by atoms with van der Waals surface area (Å²) in [5, 5.41) is 3.52. The lowest BCUT2D eigenvalue weighted by atomic mass is 10.0. The van der Waals surface area contributed by atoms with Gasteiger partial charge >= 0.3 is 0 Å². The predicted molar refractivity (Wildman–Crippen MR) is 66.6 cm³/mol. The fourth-order valence-corrected chi connectivity index (χ4v) is 2.09. The molecule has 3 heteroatoms. The van der Waals surface area contributed by atoms with Crippen LogP contribution in [-0.2, 0) is 4.74 Å². The zero-order chi connectivity index (χ0) is 11.6. The third kappa shape index (κ3) is 3.30. The maximum Gasteiger partial charge on any atom is 0.0645 e. The summed E-state index contributed by atoms with van der Waals surface area (Å²) >= 11 is 0.